The number of aromatic nitrogens is 2. The first-order valence-electron chi connectivity index (χ1n) is 9.43. The van der Waals surface area contributed by atoms with Crippen molar-refractivity contribution in [2.75, 3.05) is 10.6 Å². The average molecular weight is 458 g/mol. The third-order valence-electron chi connectivity index (χ3n) is 4.88. The van der Waals surface area contributed by atoms with Crippen molar-refractivity contribution in [1.82, 2.24) is 15.5 Å². The molecule has 158 valence electrons. The number of carbonyl (C=O) groups excluding carboxylic acids is 3. The number of rotatable bonds is 4. The molecule has 0 aliphatic carbocycles. The van der Waals surface area contributed by atoms with Crippen LogP contribution in [0.3, 0.4) is 0 Å². The smallest absolute Gasteiger partial charge is 0.271 e. The Morgan fingerprint density at radius 2 is 1.77 bits per heavy atom. The van der Waals surface area contributed by atoms with E-state index in [-0.39, 0.29) is 33.0 Å². The Morgan fingerprint density at radius 3 is 2.58 bits per heavy atom. The zero-order chi connectivity index (χ0) is 22.0. The lowest BCUT2D eigenvalue weighted by atomic mass is 10.1. The zero-order valence-electron chi connectivity index (χ0n) is 16.0. The number of halogens is 2. The summed E-state index contributed by atoms with van der Waals surface area (Å²) < 4.78 is 0. The second-order valence-corrected chi connectivity index (χ2v) is 7.69. The van der Waals surface area contributed by atoms with Gasteiger partial charge in [0.2, 0.25) is 5.91 Å². The van der Waals surface area contributed by atoms with Gasteiger partial charge in [-0.05, 0) is 36.6 Å². The van der Waals surface area contributed by atoms with Crippen molar-refractivity contribution < 1.29 is 14.4 Å². The molecule has 8 nitrogen and oxygen atoms in total. The zero-order valence-corrected chi connectivity index (χ0v) is 17.6. The van der Waals surface area contributed by atoms with Gasteiger partial charge in [-0.2, -0.15) is 5.10 Å². The standard InChI is InChI=1S/C21H17Cl2N5O3/c22-13-7-3-2-6-12(13)19(29)26-18-16(23)17(27-28-18)21(31)25-15-10-9-11-5-1-4-8-14(11)24-20(15)30/h1-8,15H,9-10H2,(H,24,30)(H,25,31)(H2,26,27,28,29). The van der Waals surface area contributed by atoms with Crippen LogP contribution in [0.15, 0.2) is 48.5 Å². The summed E-state index contributed by atoms with van der Waals surface area (Å²) in [7, 11) is 0. The van der Waals surface area contributed by atoms with Gasteiger partial charge in [0.25, 0.3) is 11.8 Å². The Kier molecular flexibility index (Phi) is 5.92. The van der Waals surface area contributed by atoms with Crippen molar-refractivity contribution in [3.63, 3.8) is 0 Å². The van der Waals surface area contributed by atoms with E-state index < -0.39 is 17.9 Å². The molecule has 1 unspecified atom stereocenters. The molecule has 0 radical (unpaired) electrons. The number of hydrogen-bond acceptors (Lipinski definition) is 4. The van der Waals surface area contributed by atoms with E-state index in [4.69, 9.17) is 23.2 Å². The number of anilines is 2. The van der Waals surface area contributed by atoms with Crippen LogP contribution in [0.1, 0.15) is 32.8 Å². The maximum Gasteiger partial charge on any atom is 0.271 e. The molecular formula is C21H17Cl2N5O3. The molecule has 0 saturated carbocycles. The van der Waals surface area contributed by atoms with Gasteiger partial charge < -0.3 is 16.0 Å². The number of nitrogens with one attached hydrogen (secondary N) is 4. The number of fused-ring (bicyclic) bond motifs is 1. The van der Waals surface area contributed by atoms with Gasteiger partial charge in [0.05, 0.1) is 10.6 Å². The van der Waals surface area contributed by atoms with Crippen molar-refractivity contribution in [2.24, 2.45) is 0 Å². The highest BCUT2D eigenvalue weighted by Gasteiger charge is 2.28. The Morgan fingerprint density at radius 1 is 1.03 bits per heavy atom. The summed E-state index contributed by atoms with van der Waals surface area (Å²) >= 11 is 12.3. The molecular weight excluding hydrogens is 441 g/mol. The van der Waals surface area contributed by atoms with Crippen LogP contribution >= 0.6 is 23.2 Å². The van der Waals surface area contributed by atoms with Crippen LogP contribution in [0.2, 0.25) is 10.0 Å². The topological polar surface area (TPSA) is 116 Å². The van der Waals surface area contributed by atoms with Crippen molar-refractivity contribution in [1.29, 1.82) is 0 Å². The Hall–Kier alpha value is -3.36. The molecule has 1 aliphatic heterocycles. The molecule has 1 aliphatic rings. The number of aryl methyl sites for hydroxylation is 1. The van der Waals surface area contributed by atoms with E-state index in [0.29, 0.717) is 12.8 Å². The molecule has 3 aromatic rings. The fourth-order valence-corrected chi connectivity index (χ4v) is 3.70. The van der Waals surface area contributed by atoms with Crippen LogP contribution in [0, 0.1) is 0 Å². The number of hydrogen-bond donors (Lipinski definition) is 4. The summed E-state index contributed by atoms with van der Waals surface area (Å²) in [6.45, 7) is 0. The number of nitrogens with zero attached hydrogens (tertiary/aromatic N) is 1. The summed E-state index contributed by atoms with van der Waals surface area (Å²) in [6, 6.07) is 13.2. The van der Waals surface area contributed by atoms with Crippen LogP contribution in [-0.4, -0.2) is 34.0 Å². The molecule has 0 saturated heterocycles. The third-order valence-corrected chi connectivity index (χ3v) is 5.58. The van der Waals surface area contributed by atoms with E-state index >= 15 is 0 Å². The number of aromatic amines is 1. The van der Waals surface area contributed by atoms with E-state index in [2.05, 4.69) is 26.1 Å². The highest BCUT2D eigenvalue weighted by Crippen LogP contribution is 2.26. The predicted molar refractivity (Wildman–Crippen MR) is 118 cm³/mol. The molecule has 10 heteroatoms. The summed E-state index contributed by atoms with van der Waals surface area (Å²) in [5, 5.41) is 14.6. The summed E-state index contributed by atoms with van der Waals surface area (Å²) in [4.78, 5) is 37.6. The highest BCUT2D eigenvalue weighted by atomic mass is 35.5. The lowest BCUT2D eigenvalue weighted by Gasteiger charge is -2.14. The lowest BCUT2D eigenvalue weighted by Crippen LogP contribution is -2.43. The lowest BCUT2D eigenvalue weighted by molar-refractivity contribution is -0.118. The molecule has 0 spiro atoms. The number of carbonyl (C=O) groups is 3. The second kappa shape index (κ2) is 8.79. The minimum absolute atomic E-state index is 0.0190. The number of benzene rings is 2. The molecule has 3 amide bonds. The quantitative estimate of drug-likeness (QED) is 0.478. The fraction of sp³-hybridized carbons (Fsp3) is 0.143. The van der Waals surface area contributed by atoms with Gasteiger partial charge in [0, 0.05) is 5.69 Å². The van der Waals surface area contributed by atoms with Gasteiger partial charge in [0.1, 0.15) is 16.8 Å². The Labute approximate surface area is 187 Å². The first-order chi connectivity index (χ1) is 14.9. The molecule has 0 fully saturated rings. The molecule has 2 heterocycles. The summed E-state index contributed by atoms with van der Waals surface area (Å²) in [5.74, 6) is -1.47. The molecule has 1 atom stereocenters. The first kappa shape index (κ1) is 20.9. The van der Waals surface area contributed by atoms with Gasteiger partial charge in [-0.3, -0.25) is 19.5 Å². The largest absolute Gasteiger partial charge is 0.339 e. The minimum atomic E-state index is -0.750. The molecule has 2 aromatic carbocycles. The number of H-pyrrole nitrogens is 1. The molecule has 1 aromatic heterocycles. The fourth-order valence-electron chi connectivity index (χ4n) is 3.26. The predicted octanol–water partition coefficient (Wildman–Crippen LogP) is 3.65. The molecule has 4 rings (SSSR count). The number of amides is 3. The van der Waals surface area contributed by atoms with E-state index in [1.165, 1.54) is 0 Å². The van der Waals surface area contributed by atoms with E-state index in [1.54, 1.807) is 24.3 Å². The maximum absolute atomic E-state index is 12.7. The highest BCUT2D eigenvalue weighted by molar-refractivity contribution is 6.37. The Bertz CT molecular complexity index is 1180. The van der Waals surface area contributed by atoms with E-state index in [1.807, 2.05) is 24.3 Å². The second-order valence-electron chi connectivity index (χ2n) is 6.91. The van der Waals surface area contributed by atoms with Gasteiger partial charge in [-0.15, -0.1) is 0 Å². The van der Waals surface area contributed by atoms with Gasteiger partial charge in [0.15, 0.2) is 5.82 Å². The normalized spacial score (nSPS) is 15.4. The van der Waals surface area contributed by atoms with Crippen LogP contribution in [0.25, 0.3) is 0 Å². The van der Waals surface area contributed by atoms with Crippen molar-refractivity contribution >= 4 is 52.4 Å². The minimum Gasteiger partial charge on any atom is -0.339 e. The summed E-state index contributed by atoms with van der Waals surface area (Å²) in [6.07, 6.45) is 1.05. The van der Waals surface area contributed by atoms with Crippen molar-refractivity contribution in [3.05, 3.63) is 75.4 Å². The van der Waals surface area contributed by atoms with Crippen LogP contribution in [-0.2, 0) is 11.2 Å². The molecule has 0 bridgehead atoms. The number of para-hydroxylation sites is 1. The van der Waals surface area contributed by atoms with Crippen molar-refractivity contribution in [2.45, 2.75) is 18.9 Å². The van der Waals surface area contributed by atoms with Gasteiger partial charge in [-0.25, -0.2) is 0 Å². The van der Waals surface area contributed by atoms with Crippen LogP contribution in [0.5, 0.6) is 0 Å². The summed E-state index contributed by atoms with van der Waals surface area (Å²) in [5.41, 5.74) is 1.90. The van der Waals surface area contributed by atoms with E-state index in [0.717, 1.165) is 11.3 Å². The SMILES string of the molecule is O=C(Nc1n[nH]c(C(=O)NC2CCc3ccccc3NC2=O)c1Cl)c1ccccc1Cl. The molecule has 31 heavy (non-hydrogen) atoms. The van der Waals surface area contributed by atoms with Gasteiger partial charge >= 0.3 is 0 Å². The molecule has 4 N–H and O–H groups in total. The van der Waals surface area contributed by atoms with E-state index in [9.17, 15) is 14.4 Å². The maximum atomic E-state index is 12.7. The van der Waals surface area contributed by atoms with Crippen molar-refractivity contribution in [3.8, 4) is 0 Å². The van der Waals surface area contributed by atoms with Gasteiger partial charge in [-0.1, -0.05) is 53.5 Å². The third kappa shape index (κ3) is 4.40. The monoisotopic (exact) mass is 457 g/mol. The van der Waals surface area contributed by atoms with Crippen LogP contribution in [0.4, 0.5) is 11.5 Å². The Balaban J connectivity index is 1.45. The van der Waals surface area contributed by atoms with Crippen LogP contribution < -0.4 is 16.0 Å². The first-order valence-corrected chi connectivity index (χ1v) is 10.2. The average Bonchev–Trinajstić information content (AvgIpc) is 3.03.